The molecule has 1 aromatic heterocycles. The number of hydrogen-bond acceptors (Lipinski definition) is 4. The molecule has 2 aromatic rings. The molecule has 1 aromatic carbocycles. The molecule has 0 amide bonds. The average Bonchev–Trinajstić information content (AvgIpc) is 2.75. The van der Waals surface area contributed by atoms with E-state index < -0.39 is 0 Å². The van der Waals surface area contributed by atoms with Crippen molar-refractivity contribution in [3.8, 4) is 5.69 Å². The zero-order valence-corrected chi connectivity index (χ0v) is 11.9. The first kappa shape index (κ1) is 14.1. The number of benzene rings is 1. The molecule has 102 valence electrons. The Labute approximate surface area is 117 Å². The molecule has 0 saturated heterocycles. The summed E-state index contributed by atoms with van der Waals surface area (Å²) < 4.78 is 1.83. The van der Waals surface area contributed by atoms with E-state index in [2.05, 4.69) is 5.10 Å². The van der Waals surface area contributed by atoms with Gasteiger partial charge in [0.1, 0.15) is 5.03 Å². The minimum absolute atomic E-state index is 0.0425. The fraction of sp³-hybridized carbons (Fsp3) is 0.357. The molecule has 0 aliphatic rings. The van der Waals surface area contributed by atoms with E-state index in [1.165, 1.54) is 11.8 Å². The number of aryl methyl sites for hydroxylation is 1. The molecule has 0 bridgehead atoms. The van der Waals surface area contributed by atoms with Crippen molar-refractivity contribution in [2.24, 2.45) is 0 Å². The standard InChI is InChI=1S/C14H18N2O2S/c1-10(8-17)19-14-13(9-18)11(2)15-16(14)12-6-4-3-5-7-12/h3-7,10,17-18H,8-9H2,1-2H3. The highest BCUT2D eigenvalue weighted by Gasteiger charge is 2.18. The van der Waals surface area contributed by atoms with Crippen molar-refractivity contribution in [1.82, 2.24) is 9.78 Å². The second-order valence-electron chi connectivity index (χ2n) is 4.39. The van der Waals surface area contributed by atoms with Gasteiger partial charge in [0.15, 0.2) is 0 Å². The maximum Gasteiger partial charge on any atom is 0.106 e. The molecule has 0 aliphatic heterocycles. The van der Waals surface area contributed by atoms with Crippen molar-refractivity contribution in [3.63, 3.8) is 0 Å². The van der Waals surface area contributed by atoms with E-state index in [1.54, 1.807) is 0 Å². The minimum atomic E-state index is -0.0425. The lowest BCUT2D eigenvalue weighted by Gasteiger charge is -2.12. The van der Waals surface area contributed by atoms with Gasteiger partial charge < -0.3 is 10.2 Å². The van der Waals surface area contributed by atoms with Gasteiger partial charge in [0, 0.05) is 10.8 Å². The topological polar surface area (TPSA) is 58.3 Å². The summed E-state index contributed by atoms with van der Waals surface area (Å²) in [6, 6.07) is 9.81. The first-order chi connectivity index (χ1) is 9.17. The molecule has 0 fully saturated rings. The summed E-state index contributed by atoms with van der Waals surface area (Å²) in [6.45, 7) is 3.88. The molecular formula is C14H18N2O2S. The molecule has 1 atom stereocenters. The van der Waals surface area contributed by atoms with E-state index in [0.717, 1.165) is 22.0 Å². The third-order valence-corrected chi connectivity index (χ3v) is 4.06. The van der Waals surface area contributed by atoms with Crippen LogP contribution < -0.4 is 0 Å². The number of aliphatic hydroxyl groups is 2. The van der Waals surface area contributed by atoms with Gasteiger partial charge in [-0.3, -0.25) is 0 Å². The number of thioether (sulfide) groups is 1. The normalized spacial score (nSPS) is 12.6. The maximum atomic E-state index is 9.52. The molecule has 0 aliphatic carbocycles. The second-order valence-corrected chi connectivity index (χ2v) is 5.81. The van der Waals surface area contributed by atoms with Crippen LogP contribution in [0.3, 0.4) is 0 Å². The Hall–Kier alpha value is -1.30. The molecule has 0 saturated carbocycles. The van der Waals surface area contributed by atoms with Gasteiger partial charge in [0.05, 0.1) is 24.6 Å². The summed E-state index contributed by atoms with van der Waals surface area (Å²) in [5, 5.41) is 24.2. The second kappa shape index (κ2) is 6.23. The van der Waals surface area contributed by atoms with E-state index >= 15 is 0 Å². The van der Waals surface area contributed by atoms with Gasteiger partial charge in [-0.15, -0.1) is 11.8 Å². The van der Waals surface area contributed by atoms with Gasteiger partial charge in [-0.2, -0.15) is 5.10 Å². The lowest BCUT2D eigenvalue weighted by molar-refractivity contribution is 0.277. The van der Waals surface area contributed by atoms with Crippen molar-refractivity contribution in [2.75, 3.05) is 6.61 Å². The van der Waals surface area contributed by atoms with E-state index in [4.69, 9.17) is 0 Å². The molecular weight excluding hydrogens is 260 g/mol. The van der Waals surface area contributed by atoms with Crippen LogP contribution in [0.15, 0.2) is 35.4 Å². The van der Waals surface area contributed by atoms with E-state index in [1.807, 2.05) is 48.9 Å². The van der Waals surface area contributed by atoms with Crippen LogP contribution in [0.25, 0.3) is 5.69 Å². The van der Waals surface area contributed by atoms with Crippen molar-refractivity contribution in [3.05, 3.63) is 41.6 Å². The predicted octanol–water partition coefficient (Wildman–Crippen LogP) is 2.15. The summed E-state index contributed by atoms with van der Waals surface area (Å²) in [5.74, 6) is 0. The number of hydrogen-bond donors (Lipinski definition) is 2. The number of rotatable bonds is 5. The highest BCUT2D eigenvalue weighted by molar-refractivity contribution is 7.99. The summed E-state index contributed by atoms with van der Waals surface area (Å²) in [7, 11) is 0. The quantitative estimate of drug-likeness (QED) is 0.823. The van der Waals surface area contributed by atoms with Crippen LogP contribution in [0.4, 0.5) is 0 Å². The molecule has 2 rings (SSSR count). The smallest absolute Gasteiger partial charge is 0.106 e. The minimum Gasteiger partial charge on any atom is -0.395 e. The Bertz CT molecular complexity index is 540. The van der Waals surface area contributed by atoms with E-state index in [-0.39, 0.29) is 18.5 Å². The highest BCUT2D eigenvalue weighted by Crippen LogP contribution is 2.31. The van der Waals surface area contributed by atoms with Crippen molar-refractivity contribution in [1.29, 1.82) is 0 Å². The van der Waals surface area contributed by atoms with Crippen LogP contribution in [0, 0.1) is 6.92 Å². The summed E-state index contributed by atoms with van der Waals surface area (Å²) >= 11 is 1.53. The molecule has 19 heavy (non-hydrogen) atoms. The van der Waals surface area contributed by atoms with E-state index in [0.29, 0.717) is 0 Å². The Morgan fingerprint density at radius 1 is 1.26 bits per heavy atom. The van der Waals surface area contributed by atoms with Gasteiger partial charge in [0.25, 0.3) is 0 Å². The van der Waals surface area contributed by atoms with Crippen LogP contribution in [0.1, 0.15) is 18.2 Å². The first-order valence-electron chi connectivity index (χ1n) is 6.19. The molecule has 4 nitrogen and oxygen atoms in total. The largest absolute Gasteiger partial charge is 0.395 e. The molecule has 0 radical (unpaired) electrons. The predicted molar refractivity (Wildman–Crippen MR) is 76.6 cm³/mol. The number of nitrogens with zero attached hydrogens (tertiary/aromatic N) is 2. The van der Waals surface area contributed by atoms with Crippen molar-refractivity contribution >= 4 is 11.8 Å². The lowest BCUT2D eigenvalue weighted by atomic mass is 10.3. The average molecular weight is 278 g/mol. The number of aliphatic hydroxyl groups excluding tert-OH is 2. The van der Waals surface area contributed by atoms with Crippen LogP contribution in [0.5, 0.6) is 0 Å². The lowest BCUT2D eigenvalue weighted by Crippen LogP contribution is -2.06. The highest BCUT2D eigenvalue weighted by atomic mass is 32.2. The van der Waals surface area contributed by atoms with Crippen molar-refractivity contribution < 1.29 is 10.2 Å². The third kappa shape index (κ3) is 3.00. The zero-order chi connectivity index (χ0) is 13.8. The first-order valence-corrected chi connectivity index (χ1v) is 7.07. The number of aromatic nitrogens is 2. The SMILES string of the molecule is Cc1nn(-c2ccccc2)c(SC(C)CO)c1CO. The molecule has 1 heterocycles. The molecule has 5 heteroatoms. The van der Waals surface area contributed by atoms with Gasteiger partial charge in [-0.25, -0.2) is 4.68 Å². The fourth-order valence-electron chi connectivity index (χ4n) is 1.81. The summed E-state index contributed by atoms with van der Waals surface area (Å²) in [5.41, 5.74) is 2.60. The van der Waals surface area contributed by atoms with Gasteiger partial charge in [0.2, 0.25) is 0 Å². The van der Waals surface area contributed by atoms with Crippen LogP contribution in [0.2, 0.25) is 0 Å². The van der Waals surface area contributed by atoms with Crippen LogP contribution in [-0.4, -0.2) is 31.9 Å². The van der Waals surface area contributed by atoms with Gasteiger partial charge >= 0.3 is 0 Å². The Kier molecular flexibility index (Phi) is 4.63. The summed E-state index contributed by atoms with van der Waals surface area (Å²) in [4.78, 5) is 0. The Morgan fingerprint density at radius 2 is 1.95 bits per heavy atom. The Balaban J connectivity index is 2.48. The van der Waals surface area contributed by atoms with E-state index in [9.17, 15) is 10.2 Å². The molecule has 0 spiro atoms. The summed E-state index contributed by atoms with van der Waals surface area (Å²) in [6.07, 6.45) is 0. The van der Waals surface area contributed by atoms with Gasteiger partial charge in [-0.1, -0.05) is 25.1 Å². The van der Waals surface area contributed by atoms with Crippen molar-refractivity contribution in [2.45, 2.75) is 30.7 Å². The Morgan fingerprint density at radius 3 is 2.53 bits per heavy atom. The molecule has 1 unspecified atom stereocenters. The zero-order valence-electron chi connectivity index (χ0n) is 11.1. The maximum absolute atomic E-state index is 9.52. The van der Waals surface area contributed by atoms with Crippen LogP contribution >= 0.6 is 11.8 Å². The third-order valence-electron chi connectivity index (χ3n) is 2.87. The fourth-order valence-corrected chi connectivity index (χ4v) is 2.87. The number of para-hydroxylation sites is 1. The monoisotopic (exact) mass is 278 g/mol. The van der Waals surface area contributed by atoms with Crippen LogP contribution in [-0.2, 0) is 6.61 Å². The van der Waals surface area contributed by atoms with Gasteiger partial charge in [-0.05, 0) is 19.1 Å². The molecule has 2 N–H and O–H groups in total.